The quantitative estimate of drug-likeness (QED) is 0.508. The number of carbonyl (C=O) groups excluding carboxylic acids is 1. The van der Waals surface area contributed by atoms with Crippen LogP contribution in [-0.2, 0) is 22.7 Å². The lowest BCUT2D eigenvalue weighted by Crippen LogP contribution is -2.18. The first-order chi connectivity index (χ1) is 13.0. The maximum Gasteiger partial charge on any atom is 0.326 e. The van der Waals surface area contributed by atoms with Crippen molar-refractivity contribution in [2.75, 3.05) is 0 Å². The Morgan fingerprint density at radius 1 is 1.19 bits per heavy atom. The number of rotatable bonds is 4. The van der Waals surface area contributed by atoms with Crippen molar-refractivity contribution in [3.05, 3.63) is 81.5 Å². The third-order valence-corrected chi connectivity index (χ3v) is 4.59. The Bertz CT molecular complexity index is 1230. The molecule has 0 bridgehead atoms. The number of hydrogen-bond donors (Lipinski definition) is 0. The van der Waals surface area contributed by atoms with Gasteiger partial charge in [0.25, 0.3) is 5.56 Å². The second-order valence-corrected chi connectivity index (χ2v) is 6.69. The van der Waals surface area contributed by atoms with Crippen LogP contribution < -0.4 is 5.56 Å². The second kappa shape index (κ2) is 6.89. The number of fused-ring (bicyclic) bond motifs is 2. The number of carbonyl (C=O) groups is 1. The summed E-state index contributed by atoms with van der Waals surface area (Å²) in [6.07, 6.45) is 1.50. The van der Waals surface area contributed by atoms with E-state index in [0.717, 1.165) is 16.6 Å². The first-order valence-electron chi connectivity index (χ1n) is 8.39. The highest BCUT2D eigenvalue weighted by atomic mass is 35.5. The minimum Gasteiger partial charge on any atom is -0.458 e. The third-order valence-electron chi connectivity index (χ3n) is 4.36. The van der Waals surface area contributed by atoms with Crippen LogP contribution in [0.5, 0.6) is 0 Å². The van der Waals surface area contributed by atoms with Gasteiger partial charge in [-0.15, -0.1) is 0 Å². The number of esters is 1. The van der Waals surface area contributed by atoms with Crippen molar-refractivity contribution in [2.45, 2.75) is 20.1 Å². The molecule has 0 amide bonds. The zero-order chi connectivity index (χ0) is 19.0. The lowest BCUT2D eigenvalue weighted by Gasteiger charge is -2.09. The summed E-state index contributed by atoms with van der Waals surface area (Å²) in [7, 11) is 0. The summed E-state index contributed by atoms with van der Waals surface area (Å²) in [5.74, 6) is -0.391. The van der Waals surface area contributed by atoms with E-state index in [1.54, 1.807) is 12.1 Å². The molecular weight excluding hydrogens is 366 g/mol. The Hall–Kier alpha value is -3.12. The number of ether oxygens (including phenoxy) is 1. The number of aromatic nitrogens is 3. The molecule has 0 fully saturated rings. The maximum absolute atomic E-state index is 12.3. The molecule has 1 aromatic carbocycles. The highest BCUT2D eigenvalue weighted by Crippen LogP contribution is 2.19. The number of hydrogen-bond acceptors (Lipinski definition) is 4. The van der Waals surface area contributed by atoms with Crippen LogP contribution in [0.15, 0.2) is 59.5 Å². The number of aryl methyl sites for hydroxylation is 1. The molecule has 7 heteroatoms. The average Bonchev–Trinajstić information content (AvgIpc) is 2.96. The lowest BCUT2D eigenvalue weighted by atomic mass is 10.2. The summed E-state index contributed by atoms with van der Waals surface area (Å²) >= 11 is 5.90. The Morgan fingerprint density at radius 2 is 2.00 bits per heavy atom. The Balaban J connectivity index is 1.51. The van der Waals surface area contributed by atoms with Gasteiger partial charge in [-0.2, -0.15) is 0 Å². The molecule has 4 rings (SSSR count). The first kappa shape index (κ1) is 17.3. The predicted octanol–water partition coefficient (Wildman–Crippen LogP) is 3.35. The summed E-state index contributed by atoms with van der Waals surface area (Å²) < 4.78 is 8.59. The summed E-state index contributed by atoms with van der Waals surface area (Å²) in [5, 5.41) is 1.52. The number of para-hydroxylation sites is 1. The summed E-state index contributed by atoms with van der Waals surface area (Å²) in [5.41, 5.74) is 2.52. The van der Waals surface area contributed by atoms with E-state index in [9.17, 15) is 9.59 Å². The minimum atomic E-state index is -0.391. The molecule has 4 aromatic rings. The van der Waals surface area contributed by atoms with Crippen molar-refractivity contribution >= 4 is 34.1 Å². The topological polar surface area (TPSA) is 65.6 Å². The number of benzene rings is 1. The zero-order valence-electron chi connectivity index (χ0n) is 14.6. The van der Waals surface area contributed by atoms with E-state index in [1.165, 1.54) is 16.7 Å². The van der Waals surface area contributed by atoms with Gasteiger partial charge in [0.2, 0.25) is 0 Å². The molecule has 0 unspecified atom stereocenters. The summed E-state index contributed by atoms with van der Waals surface area (Å²) in [4.78, 5) is 28.8. The van der Waals surface area contributed by atoms with Gasteiger partial charge in [-0.3, -0.25) is 14.0 Å². The van der Waals surface area contributed by atoms with Crippen molar-refractivity contribution in [1.29, 1.82) is 0 Å². The van der Waals surface area contributed by atoms with Crippen molar-refractivity contribution in [3.8, 4) is 0 Å². The SMILES string of the molecule is Cc1cc2ccccc2n1CC(=O)OCc1cc(=O)n2cc(Cl)ccc2n1. The normalized spacial score (nSPS) is 11.2. The van der Waals surface area contributed by atoms with Gasteiger partial charge in [0.05, 0.1) is 10.7 Å². The van der Waals surface area contributed by atoms with E-state index in [4.69, 9.17) is 16.3 Å². The van der Waals surface area contributed by atoms with Crippen molar-refractivity contribution in [2.24, 2.45) is 0 Å². The molecule has 0 saturated heterocycles. The number of halogens is 1. The van der Waals surface area contributed by atoms with Gasteiger partial charge in [0.1, 0.15) is 18.8 Å². The molecule has 0 atom stereocenters. The van der Waals surface area contributed by atoms with Gasteiger partial charge in [-0.05, 0) is 36.6 Å². The van der Waals surface area contributed by atoms with Crippen LogP contribution in [0.3, 0.4) is 0 Å². The molecule has 0 radical (unpaired) electrons. The predicted molar refractivity (Wildman–Crippen MR) is 103 cm³/mol. The van der Waals surface area contributed by atoms with Crippen LogP contribution >= 0.6 is 11.6 Å². The number of pyridine rings is 1. The van der Waals surface area contributed by atoms with Crippen LogP contribution in [0, 0.1) is 6.92 Å². The third kappa shape index (κ3) is 3.44. The van der Waals surface area contributed by atoms with Crippen LogP contribution in [-0.4, -0.2) is 19.9 Å². The van der Waals surface area contributed by atoms with Crippen molar-refractivity contribution in [1.82, 2.24) is 14.0 Å². The molecule has 0 aliphatic rings. The van der Waals surface area contributed by atoms with Crippen molar-refractivity contribution in [3.63, 3.8) is 0 Å². The summed E-state index contributed by atoms with van der Waals surface area (Å²) in [6, 6.07) is 14.5. The van der Waals surface area contributed by atoms with Crippen LogP contribution in [0.1, 0.15) is 11.4 Å². The Morgan fingerprint density at radius 3 is 2.85 bits per heavy atom. The lowest BCUT2D eigenvalue weighted by molar-refractivity contribution is -0.145. The first-order valence-corrected chi connectivity index (χ1v) is 8.77. The van der Waals surface area contributed by atoms with Crippen LogP contribution in [0.25, 0.3) is 16.6 Å². The van der Waals surface area contributed by atoms with Crippen molar-refractivity contribution < 1.29 is 9.53 Å². The van der Waals surface area contributed by atoms with E-state index in [0.29, 0.717) is 16.4 Å². The van der Waals surface area contributed by atoms with E-state index in [1.807, 2.05) is 41.8 Å². The minimum absolute atomic E-state index is 0.0640. The fourth-order valence-electron chi connectivity index (χ4n) is 3.09. The summed E-state index contributed by atoms with van der Waals surface area (Å²) in [6.45, 7) is 1.98. The molecule has 0 aliphatic carbocycles. The van der Waals surface area contributed by atoms with E-state index >= 15 is 0 Å². The maximum atomic E-state index is 12.3. The molecule has 27 heavy (non-hydrogen) atoms. The molecule has 0 spiro atoms. The molecule has 136 valence electrons. The van der Waals surface area contributed by atoms with Gasteiger partial charge >= 0.3 is 5.97 Å². The Labute approximate surface area is 159 Å². The second-order valence-electron chi connectivity index (χ2n) is 6.25. The largest absolute Gasteiger partial charge is 0.458 e. The van der Waals surface area contributed by atoms with E-state index < -0.39 is 5.97 Å². The van der Waals surface area contributed by atoms with Gasteiger partial charge in [0, 0.05) is 23.5 Å². The monoisotopic (exact) mass is 381 g/mol. The van der Waals surface area contributed by atoms with Gasteiger partial charge in [-0.25, -0.2) is 4.98 Å². The molecule has 0 N–H and O–H groups in total. The zero-order valence-corrected chi connectivity index (χ0v) is 15.3. The molecule has 6 nitrogen and oxygen atoms in total. The smallest absolute Gasteiger partial charge is 0.326 e. The van der Waals surface area contributed by atoms with Gasteiger partial charge < -0.3 is 9.30 Å². The molecule has 0 saturated carbocycles. The Kier molecular flexibility index (Phi) is 4.41. The highest BCUT2D eigenvalue weighted by molar-refractivity contribution is 6.30. The van der Waals surface area contributed by atoms with Crippen LogP contribution in [0.2, 0.25) is 5.02 Å². The number of nitrogens with zero attached hydrogens (tertiary/aromatic N) is 3. The van der Waals surface area contributed by atoms with E-state index in [2.05, 4.69) is 4.98 Å². The van der Waals surface area contributed by atoms with Gasteiger partial charge in [0.15, 0.2) is 0 Å². The van der Waals surface area contributed by atoms with E-state index in [-0.39, 0.29) is 18.7 Å². The average molecular weight is 382 g/mol. The molecule has 3 aromatic heterocycles. The molecular formula is C20H16ClN3O3. The molecule has 3 heterocycles. The molecule has 0 aliphatic heterocycles. The fourth-order valence-corrected chi connectivity index (χ4v) is 3.25. The van der Waals surface area contributed by atoms with Crippen LogP contribution in [0.4, 0.5) is 0 Å². The van der Waals surface area contributed by atoms with Gasteiger partial charge in [-0.1, -0.05) is 29.8 Å². The standard InChI is InChI=1S/C20H16ClN3O3/c1-13-8-14-4-2-3-5-17(14)23(13)11-20(26)27-12-16-9-19(25)24-10-15(21)6-7-18(24)22-16/h2-10H,11-12H2,1H3. The highest BCUT2D eigenvalue weighted by Gasteiger charge is 2.11. The fraction of sp³-hybridized carbons (Fsp3) is 0.150.